The SMILES string of the molecule is Cc1ccn(-c2nc(CCl)cc3ccccc23)n1. The number of rotatable bonds is 2. The maximum atomic E-state index is 5.90. The maximum absolute atomic E-state index is 5.90. The largest absolute Gasteiger partial charge is 0.232 e. The minimum atomic E-state index is 0.401. The highest BCUT2D eigenvalue weighted by atomic mass is 35.5. The van der Waals surface area contributed by atoms with E-state index in [1.165, 1.54) is 0 Å². The van der Waals surface area contributed by atoms with E-state index in [9.17, 15) is 0 Å². The molecule has 0 unspecified atom stereocenters. The molecule has 0 amide bonds. The van der Waals surface area contributed by atoms with Gasteiger partial charge in [-0.2, -0.15) is 5.10 Å². The van der Waals surface area contributed by atoms with Crippen molar-refractivity contribution in [3.8, 4) is 5.82 Å². The van der Waals surface area contributed by atoms with Gasteiger partial charge in [0, 0.05) is 11.6 Å². The van der Waals surface area contributed by atoms with Gasteiger partial charge in [-0.3, -0.25) is 0 Å². The third-order valence-corrected chi connectivity index (χ3v) is 3.12. The zero-order valence-corrected chi connectivity index (χ0v) is 10.7. The van der Waals surface area contributed by atoms with Crippen molar-refractivity contribution >= 4 is 22.4 Å². The number of hydrogen-bond acceptors (Lipinski definition) is 2. The van der Waals surface area contributed by atoms with E-state index in [1.54, 1.807) is 4.68 Å². The number of aromatic nitrogens is 3. The van der Waals surface area contributed by atoms with E-state index >= 15 is 0 Å². The van der Waals surface area contributed by atoms with Crippen molar-refractivity contribution in [3.63, 3.8) is 0 Å². The lowest BCUT2D eigenvalue weighted by molar-refractivity contribution is 0.834. The number of pyridine rings is 1. The second kappa shape index (κ2) is 4.42. The van der Waals surface area contributed by atoms with Gasteiger partial charge in [0.2, 0.25) is 0 Å². The second-order valence-electron chi connectivity index (χ2n) is 4.19. The summed E-state index contributed by atoms with van der Waals surface area (Å²) in [5.74, 6) is 1.23. The number of benzene rings is 1. The number of nitrogens with zero attached hydrogens (tertiary/aromatic N) is 3. The molecule has 90 valence electrons. The molecule has 0 fully saturated rings. The van der Waals surface area contributed by atoms with Crippen LogP contribution in [0.4, 0.5) is 0 Å². The van der Waals surface area contributed by atoms with Gasteiger partial charge in [-0.15, -0.1) is 11.6 Å². The van der Waals surface area contributed by atoms with Crippen molar-refractivity contribution in [3.05, 3.63) is 54.0 Å². The quantitative estimate of drug-likeness (QED) is 0.658. The van der Waals surface area contributed by atoms with Gasteiger partial charge in [-0.05, 0) is 24.4 Å². The van der Waals surface area contributed by atoms with Crippen LogP contribution in [-0.2, 0) is 5.88 Å². The van der Waals surface area contributed by atoms with Crippen LogP contribution in [0.3, 0.4) is 0 Å². The minimum Gasteiger partial charge on any atom is -0.232 e. The first-order valence-corrected chi connectivity index (χ1v) is 6.28. The Kier molecular flexibility index (Phi) is 2.76. The molecule has 2 heterocycles. The monoisotopic (exact) mass is 257 g/mol. The summed E-state index contributed by atoms with van der Waals surface area (Å²) in [6, 6.07) is 12.1. The number of hydrogen-bond donors (Lipinski definition) is 0. The fraction of sp³-hybridized carbons (Fsp3) is 0.143. The molecule has 0 radical (unpaired) electrons. The van der Waals surface area contributed by atoms with Crippen molar-refractivity contribution < 1.29 is 0 Å². The Bertz CT molecular complexity index is 703. The van der Waals surface area contributed by atoms with Crippen molar-refractivity contribution in [2.24, 2.45) is 0 Å². The Hall–Kier alpha value is -1.87. The summed E-state index contributed by atoms with van der Waals surface area (Å²) in [7, 11) is 0. The molecule has 0 atom stereocenters. The van der Waals surface area contributed by atoms with Crippen LogP contribution in [0.25, 0.3) is 16.6 Å². The molecule has 0 aliphatic carbocycles. The lowest BCUT2D eigenvalue weighted by Gasteiger charge is -2.08. The lowest BCUT2D eigenvalue weighted by Crippen LogP contribution is -2.02. The van der Waals surface area contributed by atoms with Crippen LogP contribution >= 0.6 is 11.6 Å². The molecule has 0 N–H and O–H groups in total. The zero-order valence-electron chi connectivity index (χ0n) is 9.97. The molecular formula is C14H12ClN3. The highest BCUT2D eigenvalue weighted by molar-refractivity contribution is 6.17. The molecule has 18 heavy (non-hydrogen) atoms. The first-order valence-electron chi connectivity index (χ1n) is 5.75. The standard InChI is InChI=1S/C14H12ClN3/c1-10-6-7-18(17-10)14-13-5-3-2-4-11(13)8-12(9-15)16-14/h2-8H,9H2,1H3. The first kappa shape index (κ1) is 11.2. The van der Waals surface area contributed by atoms with Crippen LogP contribution in [-0.4, -0.2) is 14.8 Å². The molecule has 2 aromatic heterocycles. The molecule has 0 aliphatic heterocycles. The molecule has 4 heteroatoms. The third kappa shape index (κ3) is 1.87. The van der Waals surface area contributed by atoms with E-state index in [-0.39, 0.29) is 0 Å². The Balaban J connectivity index is 2.32. The van der Waals surface area contributed by atoms with Gasteiger partial charge in [0.1, 0.15) is 0 Å². The Morgan fingerprint density at radius 3 is 2.78 bits per heavy atom. The van der Waals surface area contributed by atoms with E-state index in [0.29, 0.717) is 5.88 Å². The van der Waals surface area contributed by atoms with Crippen LogP contribution in [0.5, 0.6) is 0 Å². The first-order chi connectivity index (χ1) is 8.78. The van der Waals surface area contributed by atoms with E-state index < -0.39 is 0 Å². The summed E-state index contributed by atoms with van der Waals surface area (Å²) in [6.07, 6.45) is 1.92. The van der Waals surface area contributed by atoms with Gasteiger partial charge in [0.15, 0.2) is 5.82 Å². The fourth-order valence-electron chi connectivity index (χ4n) is 2.01. The van der Waals surface area contributed by atoms with Gasteiger partial charge < -0.3 is 0 Å². The van der Waals surface area contributed by atoms with Gasteiger partial charge in [-0.25, -0.2) is 9.67 Å². The highest BCUT2D eigenvalue weighted by Gasteiger charge is 2.08. The second-order valence-corrected chi connectivity index (χ2v) is 4.46. The summed E-state index contributed by atoms with van der Waals surface area (Å²) in [4.78, 5) is 4.57. The van der Waals surface area contributed by atoms with Gasteiger partial charge >= 0.3 is 0 Å². The van der Waals surface area contributed by atoms with Crippen molar-refractivity contribution in [1.82, 2.24) is 14.8 Å². The third-order valence-electron chi connectivity index (χ3n) is 2.85. The van der Waals surface area contributed by atoms with Crippen LogP contribution in [0.15, 0.2) is 42.6 Å². The number of halogens is 1. The fourth-order valence-corrected chi connectivity index (χ4v) is 2.15. The molecule has 3 aromatic rings. The average molecular weight is 258 g/mol. The van der Waals surface area contributed by atoms with E-state index in [0.717, 1.165) is 28.0 Å². The molecule has 1 aromatic carbocycles. The summed E-state index contributed by atoms with van der Waals surface area (Å²) < 4.78 is 1.80. The molecule has 0 aliphatic rings. The number of alkyl halides is 1. The maximum Gasteiger partial charge on any atom is 0.161 e. The average Bonchev–Trinajstić information content (AvgIpc) is 2.84. The van der Waals surface area contributed by atoms with Gasteiger partial charge in [0.25, 0.3) is 0 Å². The van der Waals surface area contributed by atoms with Crippen LogP contribution in [0.1, 0.15) is 11.4 Å². The van der Waals surface area contributed by atoms with Crippen molar-refractivity contribution in [2.45, 2.75) is 12.8 Å². The predicted molar refractivity (Wildman–Crippen MR) is 73.2 cm³/mol. The predicted octanol–water partition coefficient (Wildman–Crippen LogP) is 3.47. The summed E-state index contributed by atoms with van der Waals surface area (Å²) in [5, 5.41) is 6.63. The minimum absolute atomic E-state index is 0.401. The smallest absolute Gasteiger partial charge is 0.161 e. The van der Waals surface area contributed by atoms with E-state index in [2.05, 4.69) is 16.1 Å². The number of aryl methyl sites for hydroxylation is 1. The zero-order chi connectivity index (χ0) is 12.5. The van der Waals surface area contributed by atoms with E-state index in [1.807, 2.05) is 43.5 Å². The van der Waals surface area contributed by atoms with Gasteiger partial charge in [-0.1, -0.05) is 24.3 Å². The Labute approximate surface area is 110 Å². The summed E-state index contributed by atoms with van der Waals surface area (Å²) >= 11 is 5.90. The molecule has 0 bridgehead atoms. The highest BCUT2D eigenvalue weighted by Crippen LogP contribution is 2.22. The van der Waals surface area contributed by atoms with Crippen LogP contribution in [0.2, 0.25) is 0 Å². The van der Waals surface area contributed by atoms with Gasteiger partial charge in [0.05, 0.1) is 17.3 Å². The topological polar surface area (TPSA) is 30.7 Å². The molecule has 0 spiro atoms. The van der Waals surface area contributed by atoms with Crippen molar-refractivity contribution in [1.29, 1.82) is 0 Å². The summed E-state index contributed by atoms with van der Waals surface area (Å²) in [6.45, 7) is 1.96. The molecule has 0 saturated heterocycles. The molecule has 3 nitrogen and oxygen atoms in total. The summed E-state index contributed by atoms with van der Waals surface area (Å²) in [5.41, 5.74) is 1.83. The normalized spacial score (nSPS) is 11.0. The van der Waals surface area contributed by atoms with Crippen LogP contribution < -0.4 is 0 Å². The van der Waals surface area contributed by atoms with Crippen molar-refractivity contribution in [2.75, 3.05) is 0 Å². The molecule has 0 saturated carbocycles. The lowest BCUT2D eigenvalue weighted by atomic mass is 10.1. The van der Waals surface area contributed by atoms with Crippen LogP contribution in [0, 0.1) is 6.92 Å². The molecule has 3 rings (SSSR count). The Morgan fingerprint density at radius 2 is 2.06 bits per heavy atom. The number of fused-ring (bicyclic) bond motifs is 1. The van der Waals surface area contributed by atoms with E-state index in [4.69, 9.17) is 11.6 Å². The molecular weight excluding hydrogens is 246 g/mol. The Morgan fingerprint density at radius 1 is 1.22 bits per heavy atom.